The Kier molecular flexibility index (Phi) is 6.18. The molecule has 0 spiro atoms. The third-order valence-corrected chi connectivity index (χ3v) is 4.81. The SMILES string of the molecule is CNC(=O)NC(=O)C(C)Nc1cccc(NS(=O)(=O)c2ccccc2)c1. The highest BCUT2D eigenvalue weighted by atomic mass is 32.2. The Balaban J connectivity index is 2.08. The third kappa shape index (κ3) is 5.21. The summed E-state index contributed by atoms with van der Waals surface area (Å²) in [6, 6.07) is 13.2. The van der Waals surface area contributed by atoms with Gasteiger partial charge in [0.1, 0.15) is 6.04 Å². The maximum absolute atomic E-state index is 12.4. The molecule has 0 aliphatic heterocycles. The number of carbonyl (C=O) groups excluding carboxylic acids is 2. The molecule has 0 aliphatic rings. The molecule has 26 heavy (non-hydrogen) atoms. The maximum atomic E-state index is 12.4. The zero-order chi connectivity index (χ0) is 19.2. The lowest BCUT2D eigenvalue weighted by molar-refractivity contribution is -0.120. The first-order valence-corrected chi connectivity index (χ1v) is 9.27. The van der Waals surface area contributed by atoms with Crippen LogP contribution in [0, 0.1) is 0 Å². The Labute approximate surface area is 152 Å². The normalized spacial score (nSPS) is 11.9. The molecule has 9 heteroatoms. The smallest absolute Gasteiger partial charge is 0.321 e. The lowest BCUT2D eigenvalue weighted by Crippen LogP contribution is -2.44. The van der Waals surface area contributed by atoms with Gasteiger partial charge >= 0.3 is 6.03 Å². The number of anilines is 2. The lowest BCUT2D eigenvalue weighted by atomic mass is 10.2. The molecule has 0 aliphatic carbocycles. The lowest BCUT2D eigenvalue weighted by Gasteiger charge is -2.15. The number of amides is 3. The summed E-state index contributed by atoms with van der Waals surface area (Å²) in [7, 11) is -2.30. The third-order valence-electron chi connectivity index (χ3n) is 3.41. The van der Waals surface area contributed by atoms with E-state index < -0.39 is 28.0 Å². The van der Waals surface area contributed by atoms with E-state index in [2.05, 4.69) is 20.7 Å². The first kappa shape index (κ1) is 19.3. The molecule has 4 N–H and O–H groups in total. The number of hydrogen-bond donors (Lipinski definition) is 4. The maximum Gasteiger partial charge on any atom is 0.321 e. The minimum Gasteiger partial charge on any atom is -0.374 e. The van der Waals surface area contributed by atoms with Gasteiger partial charge in [0.05, 0.1) is 10.6 Å². The second-order valence-electron chi connectivity index (χ2n) is 5.43. The van der Waals surface area contributed by atoms with E-state index >= 15 is 0 Å². The summed E-state index contributed by atoms with van der Waals surface area (Å²) in [5.41, 5.74) is 0.871. The average molecular weight is 376 g/mol. The molecule has 1 atom stereocenters. The molecule has 0 heterocycles. The number of sulfonamides is 1. The number of benzene rings is 2. The fraction of sp³-hybridized carbons (Fsp3) is 0.176. The monoisotopic (exact) mass is 376 g/mol. The van der Waals surface area contributed by atoms with Crippen molar-refractivity contribution in [2.75, 3.05) is 17.1 Å². The Hall–Kier alpha value is -3.07. The molecule has 0 saturated heterocycles. The van der Waals surface area contributed by atoms with Gasteiger partial charge in [-0.05, 0) is 37.3 Å². The molecule has 2 aromatic carbocycles. The predicted octanol–water partition coefficient (Wildman–Crippen LogP) is 1.74. The van der Waals surface area contributed by atoms with Crippen LogP contribution in [0.25, 0.3) is 0 Å². The summed E-state index contributed by atoms with van der Waals surface area (Å²) in [5, 5.41) is 7.36. The van der Waals surface area contributed by atoms with Gasteiger partial charge < -0.3 is 10.6 Å². The van der Waals surface area contributed by atoms with Gasteiger partial charge in [0, 0.05) is 12.7 Å². The molecule has 1 unspecified atom stereocenters. The van der Waals surface area contributed by atoms with Gasteiger partial charge in [-0.15, -0.1) is 0 Å². The molecule has 0 bridgehead atoms. The molecular formula is C17H20N4O4S. The molecular weight excluding hydrogens is 356 g/mol. The van der Waals surface area contributed by atoms with Crippen molar-refractivity contribution in [3.05, 3.63) is 54.6 Å². The standard InChI is InChI=1S/C17H20N4O4S/c1-12(16(22)20-17(23)18-2)19-13-7-6-8-14(11-13)21-26(24,25)15-9-4-3-5-10-15/h3-12,19,21H,1-2H3,(H2,18,20,22,23). The highest BCUT2D eigenvalue weighted by Gasteiger charge is 2.16. The summed E-state index contributed by atoms with van der Waals surface area (Å²) in [5.74, 6) is -0.514. The van der Waals surface area contributed by atoms with Crippen molar-refractivity contribution in [1.82, 2.24) is 10.6 Å². The van der Waals surface area contributed by atoms with Crippen molar-refractivity contribution in [3.63, 3.8) is 0 Å². The number of rotatable bonds is 6. The van der Waals surface area contributed by atoms with E-state index in [4.69, 9.17) is 0 Å². The molecule has 2 rings (SSSR count). The van der Waals surface area contributed by atoms with E-state index in [-0.39, 0.29) is 4.90 Å². The van der Waals surface area contributed by atoms with E-state index in [1.807, 2.05) is 0 Å². The topological polar surface area (TPSA) is 116 Å². The Morgan fingerprint density at radius 2 is 1.62 bits per heavy atom. The van der Waals surface area contributed by atoms with Gasteiger partial charge in [0.2, 0.25) is 5.91 Å². The zero-order valence-electron chi connectivity index (χ0n) is 14.3. The van der Waals surface area contributed by atoms with E-state index in [0.29, 0.717) is 11.4 Å². The van der Waals surface area contributed by atoms with Crippen molar-refractivity contribution < 1.29 is 18.0 Å². The quantitative estimate of drug-likeness (QED) is 0.613. The second-order valence-corrected chi connectivity index (χ2v) is 7.12. The van der Waals surface area contributed by atoms with Crippen LogP contribution < -0.4 is 20.7 Å². The van der Waals surface area contributed by atoms with E-state index in [1.54, 1.807) is 49.4 Å². The molecule has 0 aromatic heterocycles. The van der Waals surface area contributed by atoms with Crippen LogP contribution in [0.3, 0.4) is 0 Å². The average Bonchev–Trinajstić information content (AvgIpc) is 2.62. The summed E-state index contributed by atoms with van der Waals surface area (Å²) in [6.45, 7) is 1.58. The van der Waals surface area contributed by atoms with Crippen LogP contribution in [0.4, 0.5) is 16.2 Å². The summed E-state index contributed by atoms with van der Waals surface area (Å²) in [6.07, 6.45) is 0. The number of carbonyl (C=O) groups is 2. The molecule has 138 valence electrons. The zero-order valence-corrected chi connectivity index (χ0v) is 15.1. The van der Waals surface area contributed by atoms with Crippen LogP contribution in [0.5, 0.6) is 0 Å². The highest BCUT2D eigenvalue weighted by Crippen LogP contribution is 2.20. The van der Waals surface area contributed by atoms with Gasteiger partial charge in [-0.3, -0.25) is 14.8 Å². The first-order chi connectivity index (χ1) is 12.3. The van der Waals surface area contributed by atoms with Crippen molar-refractivity contribution in [2.45, 2.75) is 17.9 Å². The molecule has 0 radical (unpaired) electrons. The van der Waals surface area contributed by atoms with Gasteiger partial charge in [-0.2, -0.15) is 0 Å². The number of nitrogens with one attached hydrogen (secondary N) is 4. The summed E-state index contributed by atoms with van der Waals surface area (Å²) in [4.78, 5) is 23.2. The Morgan fingerprint density at radius 1 is 0.962 bits per heavy atom. The fourth-order valence-electron chi connectivity index (χ4n) is 2.08. The molecule has 8 nitrogen and oxygen atoms in total. The molecule has 0 saturated carbocycles. The first-order valence-electron chi connectivity index (χ1n) is 7.79. The van der Waals surface area contributed by atoms with Crippen LogP contribution in [-0.4, -0.2) is 33.4 Å². The summed E-state index contributed by atoms with van der Waals surface area (Å²) >= 11 is 0. The summed E-state index contributed by atoms with van der Waals surface area (Å²) < 4.78 is 27.2. The molecule has 0 fully saturated rings. The predicted molar refractivity (Wildman–Crippen MR) is 99.4 cm³/mol. The number of urea groups is 1. The van der Waals surface area contributed by atoms with Gasteiger partial charge in [-0.25, -0.2) is 13.2 Å². The number of imide groups is 1. The molecule has 3 amide bonds. The van der Waals surface area contributed by atoms with Crippen LogP contribution in [0.2, 0.25) is 0 Å². The van der Waals surface area contributed by atoms with Crippen LogP contribution in [-0.2, 0) is 14.8 Å². The van der Waals surface area contributed by atoms with Gasteiger partial charge in [-0.1, -0.05) is 24.3 Å². The highest BCUT2D eigenvalue weighted by molar-refractivity contribution is 7.92. The van der Waals surface area contributed by atoms with E-state index in [9.17, 15) is 18.0 Å². The Bertz CT molecular complexity index is 885. The fourth-order valence-corrected chi connectivity index (χ4v) is 3.15. The van der Waals surface area contributed by atoms with Crippen molar-refractivity contribution in [1.29, 1.82) is 0 Å². The van der Waals surface area contributed by atoms with Gasteiger partial charge in [0.15, 0.2) is 0 Å². The number of hydrogen-bond acceptors (Lipinski definition) is 5. The minimum absolute atomic E-state index is 0.150. The minimum atomic E-state index is -3.70. The van der Waals surface area contributed by atoms with Crippen LogP contribution >= 0.6 is 0 Å². The van der Waals surface area contributed by atoms with Crippen LogP contribution in [0.15, 0.2) is 59.5 Å². The van der Waals surface area contributed by atoms with Crippen molar-refractivity contribution >= 4 is 33.3 Å². The van der Waals surface area contributed by atoms with Crippen molar-refractivity contribution in [3.8, 4) is 0 Å². The van der Waals surface area contributed by atoms with Gasteiger partial charge in [0.25, 0.3) is 10.0 Å². The van der Waals surface area contributed by atoms with E-state index in [0.717, 1.165) is 0 Å². The molecule has 2 aromatic rings. The Morgan fingerprint density at radius 3 is 2.27 bits per heavy atom. The second kappa shape index (κ2) is 8.34. The van der Waals surface area contributed by atoms with Crippen molar-refractivity contribution in [2.24, 2.45) is 0 Å². The van der Waals surface area contributed by atoms with E-state index in [1.165, 1.54) is 19.2 Å². The van der Waals surface area contributed by atoms with Crippen LogP contribution in [0.1, 0.15) is 6.92 Å². The largest absolute Gasteiger partial charge is 0.374 e.